The zero-order chi connectivity index (χ0) is 33.8. The maximum Gasteiger partial charge on any atom is 0.160 e. The van der Waals surface area contributed by atoms with E-state index in [1.54, 1.807) is 0 Å². The summed E-state index contributed by atoms with van der Waals surface area (Å²) in [7, 11) is 0. The van der Waals surface area contributed by atoms with E-state index in [9.17, 15) is 0 Å². The maximum atomic E-state index is 6.36. The first kappa shape index (κ1) is 28.3. The van der Waals surface area contributed by atoms with Crippen molar-refractivity contribution >= 4 is 54.6 Å². The fourth-order valence-electron chi connectivity index (χ4n) is 8.64. The third-order valence-electron chi connectivity index (χ3n) is 11.0. The molecule has 0 bridgehead atoms. The number of furan rings is 1. The molecule has 1 aliphatic carbocycles. The van der Waals surface area contributed by atoms with Crippen LogP contribution >= 0.6 is 0 Å². The van der Waals surface area contributed by atoms with Crippen LogP contribution in [0.25, 0.3) is 94.1 Å². The van der Waals surface area contributed by atoms with Gasteiger partial charge in [-0.25, -0.2) is 9.97 Å². The van der Waals surface area contributed by atoms with E-state index in [-0.39, 0.29) is 5.41 Å². The Kier molecular flexibility index (Phi) is 5.70. The molecule has 0 saturated heterocycles. The molecule has 3 heterocycles. The number of rotatable bonds is 3. The minimum absolute atomic E-state index is 0.209. The second-order valence-corrected chi connectivity index (χ2v) is 14.2. The molecule has 4 nitrogen and oxygen atoms in total. The van der Waals surface area contributed by atoms with Gasteiger partial charge in [0.15, 0.2) is 5.82 Å². The predicted molar refractivity (Wildman–Crippen MR) is 210 cm³/mol. The van der Waals surface area contributed by atoms with Crippen molar-refractivity contribution in [1.29, 1.82) is 0 Å². The minimum Gasteiger partial charge on any atom is -0.456 e. The molecule has 0 N–H and O–H groups in total. The van der Waals surface area contributed by atoms with Gasteiger partial charge in [-0.1, -0.05) is 105 Å². The number of nitrogens with zero attached hydrogens (tertiary/aromatic N) is 3. The Morgan fingerprint density at radius 1 is 0.529 bits per heavy atom. The Balaban J connectivity index is 1.08. The average Bonchev–Trinajstić information content (AvgIpc) is 3.79. The Morgan fingerprint density at radius 3 is 2.10 bits per heavy atom. The summed E-state index contributed by atoms with van der Waals surface area (Å²) in [6, 6.07) is 53.7. The molecule has 7 aromatic carbocycles. The van der Waals surface area contributed by atoms with E-state index < -0.39 is 0 Å². The molecule has 3 aromatic heterocycles. The Hall–Kier alpha value is -6.52. The van der Waals surface area contributed by atoms with E-state index in [0.717, 1.165) is 55.8 Å². The lowest BCUT2D eigenvalue weighted by molar-refractivity contribution is 0.662. The SMILES string of the molecule is CC1(C)c2cc3c(cc2-c2ccc4c(c21)c1ccccc1n4-c1ccc(-c2nc(-c4ccccc4)c4ccccc4n2)cc1)oc1ccccc13. The fraction of sp³-hybridized carbons (Fsp3) is 0.0638. The summed E-state index contributed by atoms with van der Waals surface area (Å²) < 4.78 is 8.77. The topological polar surface area (TPSA) is 43.9 Å². The third kappa shape index (κ3) is 3.96. The summed E-state index contributed by atoms with van der Waals surface area (Å²) in [6.45, 7) is 4.75. The van der Waals surface area contributed by atoms with Gasteiger partial charge in [0.2, 0.25) is 0 Å². The van der Waals surface area contributed by atoms with Crippen LogP contribution in [0, 0.1) is 0 Å². The molecule has 0 aliphatic heterocycles. The smallest absolute Gasteiger partial charge is 0.160 e. The first-order valence-electron chi connectivity index (χ1n) is 17.5. The molecule has 0 saturated carbocycles. The third-order valence-corrected chi connectivity index (χ3v) is 11.0. The van der Waals surface area contributed by atoms with E-state index in [1.807, 2.05) is 24.3 Å². The van der Waals surface area contributed by atoms with E-state index in [1.165, 1.54) is 49.4 Å². The second kappa shape index (κ2) is 10.3. The highest BCUT2D eigenvalue weighted by Gasteiger charge is 2.39. The summed E-state index contributed by atoms with van der Waals surface area (Å²) in [5, 5.41) is 5.95. The van der Waals surface area contributed by atoms with Crippen molar-refractivity contribution < 1.29 is 4.42 Å². The van der Waals surface area contributed by atoms with Gasteiger partial charge >= 0.3 is 0 Å². The standard InChI is InChI=1S/C47H31N3O/c1-47(2)37-26-36-31-14-8-11-19-41(31)51-42(36)27-35(37)32-24-25-40-43(44(32)47)34-16-7-10-18-39(34)50(40)30-22-20-29(21-23-30)46-48-38-17-9-6-15-33(38)45(49-46)28-12-4-3-5-13-28/h3-27H,1-2H3. The molecule has 0 amide bonds. The van der Waals surface area contributed by atoms with Crippen LogP contribution in [0.3, 0.4) is 0 Å². The molecule has 1 aliphatic rings. The zero-order valence-electron chi connectivity index (χ0n) is 28.2. The number of hydrogen-bond acceptors (Lipinski definition) is 3. The van der Waals surface area contributed by atoms with Crippen molar-refractivity contribution in [3.05, 3.63) is 163 Å². The lowest BCUT2D eigenvalue weighted by Crippen LogP contribution is -2.15. The summed E-state index contributed by atoms with van der Waals surface area (Å²) in [6.07, 6.45) is 0. The van der Waals surface area contributed by atoms with Crippen LogP contribution in [0.5, 0.6) is 0 Å². The molecule has 51 heavy (non-hydrogen) atoms. The van der Waals surface area contributed by atoms with E-state index >= 15 is 0 Å². The van der Waals surface area contributed by atoms with Gasteiger partial charge in [-0.3, -0.25) is 0 Å². The van der Waals surface area contributed by atoms with Crippen molar-refractivity contribution in [3.63, 3.8) is 0 Å². The minimum atomic E-state index is -0.209. The highest BCUT2D eigenvalue weighted by atomic mass is 16.3. The number of benzene rings is 7. The molecule has 0 atom stereocenters. The molecular weight excluding hydrogens is 623 g/mol. The van der Waals surface area contributed by atoms with E-state index in [4.69, 9.17) is 14.4 Å². The molecule has 10 aromatic rings. The normalized spacial score (nSPS) is 13.5. The van der Waals surface area contributed by atoms with Crippen molar-refractivity contribution in [1.82, 2.24) is 14.5 Å². The van der Waals surface area contributed by atoms with Gasteiger partial charge in [0.25, 0.3) is 0 Å². The Bertz CT molecular complexity index is 3040. The first-order chi connectivity index (χ1) is 25.0. The van der Waals surface area contributed by atoms with Crippen LogP contribution in [0.15, 0.2) is 156 Å². The van der Waals surface area contributed by atoms with Gasteiger partial charge in [-0.15, -0.1) is 0 Å². The van der Waals surface area contributed by atoms with Gasteiger partial charge in [0.05, 0.1) is 22.2 Å². The summed E-state index contributed by atoms with van der Waals surface area (Å²) >= 11 is 0. The first-order valence-corrected chi connectivity index (χ1v) is 17.5. The highest BCUT2D eigenvalue weighted by molar-refractivity contribution is 6.15. The molecule has 11 rings (SSSR count). The Morgan fingerprint density at radius 2 is 1.25 bits per heavy atom. The van der Waals surface area contributed by atoms with E-state index in [0.29, 0.717) is 0 Å². The predicted octanol–water partition coefficient (Wildman–Crippen LogP) is 12.3. The van der Waals surface area contributed by atoms with Crippen molar-refractivity contribution in [2.75, 3.05) is 0 Å². The largest absolute Gasteiger partial charge is 0.456 e. The zero-order valence-corrected chi connectivity index (χ0v) is 28.2. The van der Waals surface area contributed by atoms with Gasteiger partial charge in [-0.05, 0) is 82.9 Å². The van der Waals surface area contributed by atoms with Crippen molar-refractivity contribution in [3.8, 4) is 39.5 Å². The summed E-state index contributed by atoms with van der Waals surface area (Å²) in [5.41, 5.74) is 14.4. The van der Waals surface area contributed by atoms with Crippen molar-refractivity contribution in [2.24, 2.45) is 0 Å². The maximum absolute atomic E-state index is 6.36. The molecular formula is C47H31N3O. The van der Waals surface area contributed by atoms with Crippen LogP contribution in [0.2, 0.25) is 0 Å². The van der Waals surface area contributed by atoms with Gasteiger partial charge in [0.1, 0.15) is 11.2 Å². The second-order valence-electron chi connectivity index (χ2n) is 14.2. The number of para-hydroxylation sites is 3. The lowest BCUT2D eigenvalue weighted by Gasteiger charge is -2.23. The molecule has 4 heteroatoms. The monoisotopic (exact) mass is 653 g/mol. The van der Waals surface area contributed by atoms with Gasteiger partial charge in [0, 0.05) is 49.2 Å². The molecule has 240 valence electrons. The van der Waals surface area contributed by atoms with E-state index in [2.05, 4.69) is 146 Å². The molecule has 0 fully saturated rings. The van der Waals surface area contributed by atoms with Crippen LogP contribution in [-0.2, 0) is 5.41 Å². The van der Waals surface area contributed by atoms with Crippen LogP contribution < -0.4 is 0 Å². The molecule has 0 radical (unpaired) electrons. The fourth-order valence-corrected chi connectivity index (χ4v) is 8.64. The van der Waals surface area contributed by atoms with Crippen LogP contribution in [0.1, 0.15) is 25.0 Å². The average molecular weight is 654 g/mol. The number of fused-ring (bicyclic) bond motifs is 11. The molecule has 0 spiro atoms. The van der Waals surface area contributed by atoms with Gasteiger partial charge < -0.3 is 8.98 Å². The summed E-state index contributed by atoms with van der Waals surface area (Å²) in [5.74, 6) is 0.720. The molecule has 0 unspecified atom stereocenters. The van der Waals surface area contributed by atoms with Crippen LogP contribution in [-0.4, -0.2) is 14.5 Å². The summed E-state index contributed by atoms with van der Waals surface area (Å²) in [4.78, 5) is 10.1. The lowest BCUT2D eigenvalue weighted by atomic mass is 9.80. The van der Waals surface area contributed by atoms with Crippen molar-refractivity contribution in [2.45, 2.75) is 19.3 Å². The number of hydrogen-bond donors (Lipinski definition) is 0. The highest BCUT2D eigenvalue weighted by Crippen LogP contribution is 2.54. The quantitative estimate of drug-likeness (QED) is 0.191. The van der Waals surface area contributed by atoms with Crippen LogP contribution in [0.4, 0.5) is 0 Å². The van der Waals surface area contributed by atoms with Gasteiger partial charge in [-0.2, -0.15) is 0 Å². The Labute approximate surface area is 294 Å². The number of aromatic nitrogens is 3.